The SMILES string of the molecule is CCOCCNC(=O)c1ccc(Nc2nc3ccc(C)cn3n2)c(OC)c1.CCOc1cc(C(=O)N(CC)CC)ccc1Nc1nc2ccc(C)cn2n1.CCOc1cc(C(=O)NC(C)(C)CO)ccc1Nc1nc2ccc(C)cn2n1.CCOc1cc(C(=O)NCCO)ccc1Nc1nc2ccc(C)cn2n1.COc1cc(C(=O)NCCO)ccc1Nc1nc2ccc(C)cn2n1. The van der Waals surface area contributed by atoms with Gasteiger partial charge >= 0.3 is 0 Å². The molecule has 0 spiro atoms. The van der Waals surface area contributed by atoms with E-state index < -0.39 is 5.54 Å². The number of benzene rings is 5. The third-order valence-corrected chi connectivity index (χ3v) is 19.6. The highest BCUT2D eigenvalue weighted by Crippen LogP contribution is 2.35. The predicted molar refractivity (Wildman–Crippen MR) is 507 cm³/mol. The molecule has 39 nitrogen and oxygen atoms in total. The average molecular weight is 1820 g/mol. The molecule has 0 aliphatic rings. The average Bonchev–Trinajstić information content (AvgIpc) is 1.69. The molecule has 698 valence electrons. The summed E-state index contributed by atoms with van der Waals surface area (Å²) in [6.07, 6.45) is 9.50. The van der Waals surface area contributed by atoms with Crippen LogP contribution in [0.25, 0.3) is 28.2 Å². The van der Waals surface area contributed by atoms with Gasteiger partial charge < -0.3 is 96.5 Å². The van der Waals surface area contributed by atoms with Gasteiger partial charge in [-0.3, -0.25) is 24.0 Å². The van der Waals surface area contributed by atoms with E-state index in [1.54, 1.807) is 133 Å². The summed E-state index contributed by atoms with van der Waals surface area (Å²) in [6.45, 7) is 29.3. The molecule has 0 aliphatic carbocycles. The Morgan fingerprint density at radius 2 is 0.624 bits per heavy atom. The number of hydrogen-bond donors (Lipinski definition) is 12. The number of methoxy groups -OCH3 is 2. The van der Waals surface area contributed by atoms with Crippen molar-refractivity contribution in [2.45, 2.75) is 95.5 Å². The minimum atomic E-state index is -0.710. The number of ether oxygens (including phenoxy) is 6. The zero-order chi connectivity index (χ0) is 95.3. The highest BCUT2D eigenvalue weighted by atomic mass is 16.5. The Hall–Kier alpha value is -15.6. The number of carbonyl (C=O) groups is 5. The molecule has 133 heavy (non-hydrogen) atoms. The Balaban J connectivity index is 0.000000160. The molecule has 0 radical (unpaired) electrons. The number of aliphatic hydroxyl groups excluding tert-OH is 3. The molecule has 0 saturated heterocycles. The second kappa shape index (κ2) is 47.1. The molecule has 0 aliphatic heterocycles. The van der Waals surface area contributed by atoms with E-state index in [0.717, 1.165) is 61.7 Å². The van der Waals surface area contributed by atoms with Crippen molar-refractivity contribution in [3.05, 3.63) is 238 Å². The third kappa shape index (κ3) is 27.0. The van der Waals surface area contributed by atoms with Gasteiger partial charge in [-0.25, -0.2) is 22.6 Å². The molecular formula is C94H113N25O14. The maximum absolute atomic E-state index is 12.6. The normalized spacial score (nSPS) is 10.9. The van der Waals surface area contributed by atoms with Crippen molar-refractivity contribution in [1.82, 2.24) is 99.2 Å². The van der Waals surface area contributed by atoms with Crippen molar-refractivity contribution < 1.29 is 67.7 Å². The van der Waals surface area contributed by atoms with E-state index in [2.05, 4.69) is 98.3 Å². The fraction of sp³-hybridized carbons (Fsp3) is 0.309. The smallest absolute Gasteiger partial charge is 0.253 e. The largest absolute Gasteiger partial charge is 0.495 e. The highest BCUT2D eigenvalue weighted by molar-refractivity contribution is 5.98. The quantitative estimate of drug-likeness (QED) is 0.0164. The zero-order valence-electron chi connectivity index (χ0n) is 77.0. The number of hydrogen-bond acceptors (Lipinski definition) is 29. The van der Waals surface area contributed by atoms with Gasteiger partial charge in [-0.2, -0.15) is 24.9 Å². The van der Waals surface area contributed by atoms with Crippen molar-refractivity contribution in [2.75, 3.05) is 126 Å². The number of pyridine rings is 5. The molecule has 0 fully saturated rings. The third-order valence-electron chi connectivity index (χ3n) is 19.6. The number of nitrogens with zero attached hydrogens (tertiary/aromatic N) is 16. The van der Waals surface area contributed by atoms with Crippen LogP contribution >= 0.6 is 0 Å². The first-order valence-electron chi connectivity index (χ1n) is 43.2. The van der Waals surface area contributed by atoms with Crippen molar-refractivity contribution in [3.8, 4) is 28.7 Å². The van der Waals surface area contributed by atoms with Crippen LogP contribution in [0.1, 0.15) is 135 Å². The first-order valence-corrected chi connectivity index (χ1v) is 43.2. The molecule has 0 unspecified atom stereocenters. The number of aromatic nitrogens is 15. The van der Waals surface area contributed by atoms with E-state index in [1.807, 2.05) is 174 Å². The molecule has 0 saturated carbocycles. The number of aryl methyl sites for hydroxylation is 5. The van der Waals surface area contributed by atoms with Gasteiger partial charge in [-0.05, 0) is 239 Å². The maximum Gasteiger partial charge on any atom is 0.253 e. The topological polar surface area (TPSA) is 464 Å². The molecule has 10 aromatic heterocycles. The van der Waals surface area contributed by atoms with Crippen molar-refractivity contribution >= 4 is 116 Å². The van der Waals surface area contributed by atoms with E-state index in [1.165, 1.54) is 7.11 Å². The Bertz CT molecular complexity index is 6500. The van der Waals surface area contributed by atoms with Gasteiger partial charge in [-0.15, -0.1) is 25.5 Å². The van der Waals surface area contributed by atoms with Crippen LogP contribution in [0.2, 0.25) is 0 Å². The second-order valence-corrected chi connectivity index (χ2v) is 30.5. The molecule has 12 N–H and O–H groups in total. The lowest BCUT2D eigenvalue weighted by molar-refractivity contribution is 0.0771. The molecule has 15 aromatic rings. The summed E-state index contributed by atoms with van der Waals surface area (Å²) in [5.74, 6) is 3.89. The number of carbonyl (C=O) groups excluding carboxylic acids is 5. The van der Waals surface area contributed by atoms with Gasteiger partial charge in [0.15, 0.2) is 28.2 Å². The van der Waals surface area contributed by atoms with Gasteiger partial charge in [-0.1, -0.05) is 30.3 Å². The van der Waals surface area contributed by atoms with Crippen LogP contribution in [0.3, 0.4) is 0 Å². The van der Waals surface area contributed by atoms with Crippen molar-refractivity contribution in [3.63, 3.8) is 0 Å². The van der Waals surface area contributed by atoms with Crippen LogP contribution in [0.4, 0.5) is 58.2 Å². The van der Waals surface area contributed by atoms with Crippen LogP contribution < -0.4 is 71.5 Å². The number of nitrogens with one attached hydrogen (secondary N) is 9. The second-order valence-electron chi connectivity index (χ2n) is 30.5. The summed E-state index contributed by atoms with van der Waals surface area (Å²) in [6, 6.07) is 45.1. The molecule has 39 heteroatoms. The van der Waals surface area contributed by atoms with E-state index in [4.69, 9.17) is 38.6 Å². The first-order chi connectivity index (χ1) is 64.2. The molecule has 15 rings (SSSR count). The summed E-state index contributed by atoms with van der Waals surface area (Å²) in [5, 5.41) is 75.5. The standard InChI is InChI=1S/C20H25N5O3.C20H25N5O2.C19H23N5O3.C18H21N5O3.C17H19N5O3/c1-5-28-16-10-14(18(27)23-20(3,4)12-26)7-8-15(16)21-19-22-17-9-6-13(2)11-25(17)24-19;1-5-24(6-2)19(26)15-9-10-16(17(12-15)27-7-3)21-20-22-18-11-8-14(4)13-25(18)23-20;1-4-27-10-9-20-18(25)14-6-7-15(16(11-14)26-3)21-19-22-17-8-5-13(2)12-24(17)23-19;1-3-26-15-10-13(17(25)19-8-9-24)5-6-14(15)20-18-21-16-7-4-12(2)11-23(16)22-18;1-11-3-6-15-20-17(21-22(15)10-11)19-13-5-4-12(9-14(13)25-2)16(24)18-7-8-23/h6-11,26H,5,12H2,1-4H3,(H,21,24)(H,23,27);8-13H,5-7H2,1-4H3,(H,21,23);5-8,11-12H,4,9-10H2,1-3H3,(H,20,25)(H,21,23);4-7,10-11,24H,3,8-9H2,1-2H3,(H,19,25)(H,20,22);3-6,9-10,23H,7-8H2,1-2H3,(H,18,24)(H,19,21). The van der Waals surface area contributed by atoms with Gasteiger partial charge in [0, 0.05) is 98.1 Å². The number of anilines is 10. The summed E-state index contributed by atoms with van der Waals surface area (Å²) in [7, 11) is 3.08. The van der Waals surface area contributed by atoms with E-state index in [-0.39, 0.29) is 62.4 Å². The van der Waals surface area contributed by atoms with Gasteiger partial charge in [0.2, 0.25) is 29.7 Å². The van der Waals surface area contributed by atoms with Gasteiger partial charge in [0.05, 0.1) is 94.4 Å². The van der Waals surface area contributed by atoms with Gasteiger partial charge in [0.1, 0.15) is 28.7 Å². The summed E-state index contributed by atoms with van der Waals surface area (Å²) in [4.78, 5) is 85.3. The summed E-state index contributed by atoms with van der Waals surface area (Å²) in [5.41, 5.74) is 14.2. The number of fused-ring (bicyclic) bond motifs is 5. The minimum absolute atomic E-state index is 0.00571. The minimum Gasteiger partial charge on any atom is -0.495 e. The number of aliphatic hydroxyl groups is 3. The Morgan fingerprint density at radius 1 is 0.353 bits per heavy atom. The van der Waals surface area contributed by atoms with Crippen LogP contribution in [0.5, 0.6) is 28.7 Å². The molecule has 5 aromatic carbocycles. The first kappa shape index (κ1) is 98.0. The van der Waals surface area contributed by atoms with E-state index in [9.17, 15) is 29.1 Å². The van der Waals surface area contributed by atoms with Crippen molar-refractivity contribution in [2.24, 2.45) is 0 Å². The van der Waals surface area contributed by atoms with E-state index in [0.29, 0.717) is 162 Å². The van der Waals surface area contributed by atoms with E-state index >= 15 is 0 Å². The van der Waals surface area contributed by atoms with Crippen molar-refractivity contribution in [1.29, 1.82) is 0 Å². The summed E-state index contributed by atoms with van der Waals surface area (Å²) < 4.78 is 41.6. The molecule has 0 bridgehead atoms. The molecular weight excluding hydrogens is 1700 g/mol. The fourth-order valence-electron chi connectivity index (χ4n) is 12.9. The molecule has 10 heterocycles. The Morgan fingerprint density at radius 3 is 0.895 bits per heavy atom. The van der Waals surface area contributed by atoms with Crippen LogP contribution in [-0.4, -0.2) is 228 Å². The predicted octanol–water partition coefficient (Wildman–Crippen LogP) is 12.3. The summed E-state index contributed by atoms with van der Waals surface area (Å²) >= 11 is 0. The van der Waals surface area contributed by atoms with Gasteiger partial charge in [0.25, 0.3) is 29.5 Å². The fourth-order valence-corrected chi connectivity index (χ4v) is 12.9. The zero-order valence-corrected chi connectivity index (χ0v) is 77.0. The maximum atomic E-state index is 12.6. The lowest BCUT2D eigenvalue weighted by atomic mass is 10.1. The Kier molecular flexibility index (Phi) is 34.7. The Labute approximate surface area is 768 Å². The lowest BCUT2D eigenvalue weighted by Gasteiger charge is -2.23. The molecule has 0 atom stereocenters. The lowest BCUT2D eigenvalue weighted by Crippen LogP contribution is -2.46. The van der Waals surface area contributed by atoms with Crippen LogP contribution in [0.15, 0.2) is 183 Å². The molecule has 5 amide bonds. The van der Waals surface area contributed by atoms with Crippen LogP contribution in [0, 0.1) is 34.6 Å². The number of rotatable bonds is 35. The van der Waals surface area contributed by atoms with Crippen LogP contribution in [-0.2, 0) is 4.74 Å². The monoisotopic (exact) mass is 1820 g/mol. The number of amides is 5. The highest BCUT2D eigenvalue weighted by Gasteiger charge is 2.24.